The van der Waals surface area contributed by atoms with Gasteiger partial charge in [-0.3, -0.25) is 4.79 Å². The largest absolute Gasteiger partial charge is 0.394 e. The number of amides is 1. The quantitative estimate of drug-likeness (QED) is 0.0261. The average Bonchev–Trinajstić information content (AvgIpc) is 3.46. The topological polar surface area (TPSA) is 149 Å². The highest BCUT2D eigenvalue weighted by molar-refractivity contribution is 5.76. The van der Waals surface area contributed by atoms with Crippen molar-refractivity contribution in [1.82, 2.24) is 5.32 Å². The van der Waals surface area contributed by atoms with Crippen molar-refractivity contribution in [2.24, 2.45) is 0 Å². The minimum Gasteiger partial charge on any atom is -0.394 e. The zero-order chi connectivity index (χ0) is 57.9. The molecule has 1 aliphatic rings. The summed E-state index contributed by atoms with van der Waals surface area (Å²) in [5.74, 6) is -0.207. The van der Waals surface area contributed by atoms with E-state index in [0.29, 0.717) is 6.42 Å². The maximum atomic E-state index is 13.1. The number of aliphatic hydroxyl groups excluding tert-OH is 5. The zero-order valence-electron chi connectivity index (χ0n) is 50.3. The molecule has 0 aromatic carbocycles. The lowest BCUT2D eigenvalue weighted by molar-refractivity contribution is -0.302. The van der Waals surface area contributed by atoms with Gasteiger partial charge in [0.25, 0.3) is 0 Å². The number of rotatable bonds is 52. The Morgan fingerprint density at radius 1 is 0.438 bits per heavy atom. The molecule has 0 saturated carbocycles. The summed E-state index contributed by atoms with van der Waals surface area (Å²) in [4.78, 5) is 13.1. The fraction of sp³-hybridized carbons (Fsp3) is 0.620. The molecule has 452 valence electrons. The molecule has 7 unspecified atom stereocenters. The molecule has 0 radical (unpaired) electrons. The van der Waals surface area contributed by atoms with E-state index in [1.807, 2.05) is 6.08 Å². The fourth-order valence-corrected chi connectivity index (χ4v) is 8.90. The lowest BCUT2D eigenvalue weighted by Crippen LogP contribution is -2.60. The van der Waals surface area contributed by atoms with E-state index in [1.54, 1.807) is 6.08 Å². The molecule has 1 saturated heterocycles. The number of ether oxygens (including phenoxy) is 2. The van der Waals surface area contributed by atoms with Gasteiger partial charge in [-0.05, 0) is 109 Å². The van der Waals surface area contributed by atoms with Gasteiger partial charge in [-0.25, -0.2) is 0 Å². The molecule has 9 nitrogen and oxygen atoms in total. The van der Waals surface area contributed by atoms with Crippen molar-refractivity contribution in [2.45, 2.75) is 269 Å². The number of hydrogen-bond donors (Lipinski definition) is 6. The molecule has 6 N–H and O–H groups in total. The fourth-order valence-electron chi connectivity index (χ4n) is 8.90. The van der Waals surface area contributed by atoms with Crippen LogP contribution in [-0.4, -0.2) is 87.5 Å². The van der Waals surface area contributed by atoms with Crippen molar-refractivity contribution in [3.63, 3.8) is 0 Å². The predicted octanol–water partition coefficient (Wildman–Crippen LogP) is 16.8. The molecule has 0 aromatic heterocycles. The molecule has 1 rings (SSSR count). The van der Waals surface area contributed by atoms with Crippen molar-refractivity contribution < 1.29 is 39.8 Å². The third-order valence-electron chi connectivity index (χ3n) is 13.9. The number of unbranched alkanes of at least 4 members (excludes halogenated alkanes) is 18. The van der Waals surface area contributed by atoms with Crippen LogP contribution in [0.2, 0.25) is 0 Å². The first-order chi connectivity index (χ1) is 39.3. The number of carbonyl (C=O) groups excluding carboxylic acids is 1. The van der Waals surface area contributed by atoms with Gasteiger partial charge >= 0.3 is 0 Å². The van der Waals surface area contributed by atoms with E-state index in [9.17, 15) is 30.3 Å². The Balaban J connectivity index is 2.20. The van der Waals surface area contributed by atoms with Gasteiger partial charge in [-0.1, -0.05) is 268 Å². The first-order valence-electron chi connectivity index (χ1n) is 31.7. The van der Waals surface area contributed by atoms with Crippen LogP contribution in [0.25, 0.3) is 0 Å². The van der Waals surface area contributed by atoms with E-state index in [2.05, 4.69) is 165 Å². The summed E-state index contributed by atoms with van der Waals surface area (Å²) in [5, 5.41) is 54.5. The smallest absolute Gasteiger partial charge is 0.220 e. The van der Waals surface area contributed by atoms with Crippen LogP contribution in [0.1, 0.15) is 226 Å². The molecular weight excluding hydrogens is 995 g/mol. The highest BCUT2D eigenvalue weighted by Gasteiger charge is 2.44. The first-order valence-corrected chi connectivity index (χ1v) is 31.7. The molecule has 7 atom stereocenters. The van der Waals surface area contributed by atoms with Gasteiger partial charge in [0.1, 0.15) is 24.4 Å². The molecule has 0 spiro atoms. The van der Waals surface area contributed by atoms with Crippen LogP contribution in [0.3, 0.4) is 0 Å². The molecule has 1 heterocycles. The Bertz CT molecular complexity index is 1810. The summed E-state index contributed by atoms with van der Waals surface area (Å²) in [6.07, 6.45) is 84.6. The maximum absolute atomic E-state index is 13.1. The van der Waals surface area contributed by atoms with Crippen molar-refractivity contribution in [3.05, 3.63) is 158 Å². The highest BCUT2D eigenvalue weighted by atomic mass is 16.7. The second-order valence-corrected chi connectivity index (χ2v) is 21.1. The van der Waals surface area contributed by atoms with E-state index in [-0.39, 0.29) is 12.5 Å². The van der Waals surface area contributed by atoms with E-state index in [4.69, 9.17) is 9.47 Å². The van der Waals surface area contributed by atoms with Crippen LogP contribution < -0.4 is 5.32 Å². The third-order valence-corrected chi connectivity index (χ3v) is 13.9. The van der Waals surface area contributed by atoms with E-state index < -0.39 is 49.5 Å². The Labute approximate surface area is 488 Å². The average molecular weight is 1110 g/mol. The summed E-state index contributed by atoms with van der Waals surface area (Å²) in [5.41, 5.74) is 0. The lowest BCUT2D eigenvalue weighted by Gasteiger charge is -2.40. The number of aliphatic hydroxyl groups is 5. The van der Waals surface area contributed by atoms with E-state index >= 15 is 0 Å². The van der Waals surface area contributed by atoms with Crippen LogP contribution >= 0.6 is 0 Å². The summed E-state index contributed by atoms with van der Waals surface area (Å²) < 4.78 is 11.3. The van der Waals surface area contributed by atoms with Gasteiger partial charge in [0, 0.05) is 6.42 Å². The zero-order valence-corrected chi connectivity index (χ0v) is 50.3. The number of carbonyl (C=O) groups is 1. The standard InChI is InChI=1S/C71H115NO8/c1-3-5-7-9-11-13-15-17-19-21-22-23-24-25-26-27-28-29-30-31-32-33-34-35-36-37-38-39-40-41-42-43-44-45-47-49-51-53-55-57-59-61-67(75)72-64(63-79-71-70(78)69(77)68(76)66(62-73)80-71)65(74)60-58-56-54-52-50-48-46-20-18-16-14-12-10-8-6-4-2/h5,7,11,13,17,19,22-23,25-26,28-29,31-32,34-35,37-38,40-41,43-44,47,49,58,60,64-66,68-71,73-74,76-78H,3-4,6,8-10,12,14-16,18,20-21,24,27,30,33,36,39,42,45-46,48,50-57,59,61-63H2,1-2H3,(H,72,75)/b7-5-,13-11-,19-17-,23-22-,26-25-,29-28-,32-31-,35-34-,38-37-,41-40-,44-43-,49-47-,60-58+. The van der Waals surface area contributed by atoms with E-state index in [0.717, 1.165) is 128 Å². The van der Waals surface area contributed by atoms with Gasteiger partial charge in [0.05, 0.1) is 25.4 Å². The Hall–Kier alpha value is -4.19. The summed E-state index contributed by atoms with van der Waals surface area (Å²) in [6.45, 7) is 3.64. The molecular formula is C71H115NO8. The minimum absolute atomic E-state index is 0.207. The molecule has 1 fully saturated rings. The van der Waals surface area contributed by atoms with Gasteiger partial charge in [0.15, 0.2) is 6.29 Å². The van der Waals surface area contributed by atoms with Crippen molar-refractivity contribution in [2.75, 3.05) is 13.2 Å². The summed E-state index contributed by atoms with van der Waals surface area (Å²) in [7, 11) is 0. The lowest BCUT2D eigenvalue weighted by atomic mass is 9.99. The molecule has 0 aromatic rings. The Morgan fingerprint density at radius 3 is 1.15 bits per heavy atom. The second-order valence-electron chi connectivity index (χ2n) is 21.1. The van der Waals surface area contributed by atoms with Gasteiger partial charge in [-0.2, -0.15) is 0 Å². The molecule has 0 bridgehead atoms. The molecule has 1 amide bonds. The number of hydrogen-bond acceptors (Lipinski definition) is 8. The summed E-state index contributed by atoms with van der Waals surface area (Å²) in [6, 6.07) is -0.830. The molecule has 80 heavy (non-hydrogen) atoms. The number of allylic oxidation sites excluding steroid dienone is 25. The highest BCUT2D eigenvalue weighted by Crippen LogP contribution is 2.23. The molecule has 0 aliphatic carbocycles. The second kappa shape index (κ2) is 58.0. The molecule has 9 heteroatoms. The van der Waals surface area contributed by atoms with Crippen LogP contribution in [0, 0.1) is 0 Å². The van der Waals surface area contributed by atoms with Gasteiger partial charge in [-0.15, -0.1) is 0 Å². The van der Waals surface area contributed by atoms with E-state index in [1.165, 1.54) is 77.0 Å². The maximum Gasteiger partial charge on any atom is 0.220 e. The predicted molar refractivity (Wildman–Crippen MR) is 340 cm³/mol. The van der Waals surface area contributed by atoms with Gasteiger partial charge in [0.2, 0.25) is 5.91 Å². The van der Waals surface area contributed by atoms with Crippen molar-refractivity contribution >= 4 is 5.91 Å². The van der Waals surface area contributed by atoms with Crippen LogP contribution in [-0.2, 0) is 14.3 Å². The van der Waals surface area contributed by atoms with Crippen LogP contribution in [0.15, 0.2) is 158 Å². The third kappa shape index (κ3) is 46.4. The molecule has 1 aliphatic heterocycles. The van der Waals surface area contributed by atoms with Gasteiger partial charge < -0.3 is 40.3 Å². The van der Waals surface area contributed by atoms with Crippen LogP contribution in [0.4, 0.5) is 0 Å². The monoisotopic (exact) mass is 1110 g/mol. The Kier molecular flexibility index (Phi) is 53.5. The first kappa shape index (κ1) is 73.8. The minimum atomic E-state index is -1.58. The van der Waals surface area contributed by atoms with Crippen molar-refractivity contribution in [1.29, 1.82) is 0 Å². The SMILES string of the molecule is CC/C=C\C/C=C\C/C=C\C/C=C\C/C=C\C/C=C\C/C=C\C/C=C\C/C=C\C/C=C\C/C=C\C/C=C\CCCCCCC(=O)NC(COC1OC(CO)C(O)C(O)C1O)C(O)/C=C/CCCCCCCCCCCCCCCC. The normalized spacial score (nSPS) is 19.6. The van der Waals surface area contributed by atoms with Crippen molar-refractivity contribution in [3.8, 4) is 0 Å². The Morgan fingerprint density at radius 2 is 0.775 bits per heavy atom. The summed E-state index contributed by atoms with van der Waals surface area (Å²) >= 11 is 0. The number of nitrogens with one attached hydrogen (secondary N) is 1. The van der Waals surface area contributed by atoms with Crippen LogP contribution in [0.5, 0.6) is 0 Å².